The molecule has 2 amide bonds. The van der Waals surface area contributed by atoms with Crippen molar-refractivity contribution in [3.63, 3.8) is 0 Å². The van der Waals surface area contributed by atoms with Gasteiger partial charge in [-0.2, -0.15) is 0 Å². The summed E-state index contributed by atoms with van der Waals surface area (Å²) in [6, 6.07) is 5.81. The highest BCUT2D eigenvalue weighted by Gasteiger charge is 2.37. The molecule has 0 spiro atoms. The molecule has 8 heteroatoms. The zero-order valence-corrected chi connectivity index (χ0v) is 17.1. The summed E-state index contributed by atoms with van der Waals surface area (Å²) in [6.07, 6.45) is 2.95. The first kappa shape index (κ1) is 19.9. The van der Waals surface area contributed by atoms with Gasteiger partial charge in [-0.25, -0.2) is 0 Å². The van der Waals surface area contributed by atoms with E-state index in [9.17, 15) is 9.59 Å². The molecule has 29 heavy (non-hydrogen) atoms. The molecule has 4 rings (SSSR count). The lowest BCUT2D eigenvalue weighted by atomic mass is 10.00. The molecule has 0 saturated carbocycles. The van der Waals surface area contributed by atoms with Gasteiger partial charge in [-0.15, -0.1) is 0 Å². The molecule has 0 bridgehead atoms. The summed E-state index contributed by atoms with van der Waals surface area (Å²) >= 11 is 0. The molecule has 1 aromatic rings. The van der Waals surface area contributed by atoms with Crippen LogP contribution in [0.2, 0.25) is 0 Å². The van der Waals surface area contributed by atoms with Crippen LogP contribution in [0, 0.1) is 0 Å². The lowest BCUT2D eigenvalue weighted by Gasteiger charge is -2.41. The third-order valence-corrected chi connectivity index (χ3v) is 5.72. The van der Waals surface area contributed by atoms with Crippen LogP contribution in [-0.2, 0) is 19.1 Å². The predicted octanol–water partition coefficient (Wildman–Crippen LogP) is 1.42. The summed E-state index contributed by atoms with van der Waals surface area (Å²) in [5.41, 5.74) is 3.56. The van der Waals surface area contributed by atoms with E-state index < -0.39 is 6.10 Å². The van der Waals surface area contributed by atoms with E-state index in [2.05, 4.69) is 10.6 Å². The minimum Gasteiger partial charge on any atom is -0.368 e. The monoisotopic (exact) mass is 400 g/mol. The van der Waals surface area contributed by atoms with Gasteiger partial charge in [-0.3, -0.25) is 14.9 Å². The number of nitrogens with one attached hydrogen (secondary N) is 2. The Hall–Kier alpha value is -2.42. The average molecular weight is 400 g/mol. The first-order valence-corrected chi connectivity index (χ1v) is 10.1. The molecular formula is C21H28N4O4. The molecule has 1 fully saturated rings. The number of hydrogen-bond acceptors (Lipinski definition) is 6. The van der Waals surface area contributed by atoms with Crippen LogP contribution in [0.4, 0.5) is 11.4 Å². The van der Waals surface area contributed by atoms with E-state index in [-0.39, 0.29) is 24.2 Å². The van der Waals surface area contributed by atoms with Crippen molar-refractivity contribution in [2.24, 2.45) is 0 Å². The number of amides is 2. The highest BCUT2D eigenvalue weighted by atomic mass is 16.5. The normalized spacial score (nSPS) is 26.6. The fraction of sp³-hybridized carbons (Fsp3) is 0.524. The largest absolute Gasteiger partial charge is 0.368 e. The van der Waals surface area contributed by atoms with Crippen molar-refractivity contribution >= 4 is 28.8 Å². The van der Waals surface area contributed by atoms with Gasteiger partial charge in [0.05, 0.1) is 17.4 Å². The first-order chi connectivity index (χ1) is 14.0. The Morgan fingerprint density at radius 2 is 2.10 bits per heavy atom. The minimum absolute atomic E-state index is 0.0238. The molecule has 8 nitrogen and oxygen atoms in total. The van der Waals surface area contributed by atoms with E-state index in [0.717, 1.165) is 35.4 Å². The van der Waals surface area contributed by atoms with Crippen molar-refractivity contribution in [2.75, 3.05) is 36.6 Å². The van der Waals surface area contributed by atoms with Gasteiger partial charge in [0.25, 0.3) is 5.91 Å². The maximum absolute atomic E-state index is 13.2. The Bertz CT molecular complexity index is 834. The second kappa shape index (κ2) is 8.14. The second-order valence-corrected chi connectivity index (χ2v) is 7.72. The van der Waals surface area contributed by atoms with Crippen LogP contribution in [-0.4, -0.2) is 57.1 Å². The van der Waals surface area contributed by atoms with E-state index in [0.29, 0.717) is 19.7 Å². The number of hydrogen-bond donors (Lipinski definition) is 2. The average Bonchev–Trinajstić information content (AvgIpc) is 3.27. The van der Waals surface area contributed by atoms with Crippen molar-refractivity contribution in [1.82, 2.24) is 10.6 Å². The van der Waals surface area contributed by atoms with Gasteiger partial charge in [0.15, 0.2) is 6.35 Å². The van der Waals surface area contributed by atoms with Gasteiger partial charge in [0.1, 0.15) is 6.10 Å². The molecule has 3 aliphatic rings. The number of benzene rings is 1. The highest BCUT2D eigenvalue weighted by Crippen LogP contribution is 2.38. The molecule has 1 aromatic carbocycles. The van der Waals surface area contributed by atoms with Crippen molar-refractivity contribution < 1.29 is 19.1 Å². The van der Waals surface area contributed by atoms with Crippen LogP contribution in [0.15, 0.2) is 24.4 Å². The van der Waals surface area contributed by atoms with E-state index in [1.165, 1.54) is 0 Å². The molecule has 1 saturated heterocycles. The standard InChI is InChI=1S/C21H28N4O4/c1-13-12-24(20(27)19-5-4-8-29-19)18-9-15(6-7-17(18)25(13)14(2)26)16-10-22-21(28-3)23-11-16/h6-7,9-10,13,19,21-23H,4-5,8,11-12H2,1-3H3/t13-,19?,21?/m0/s1. The molecule has 156 valence electrons. The molecule has 2 N–H and O–H groups in total. The highest BCUT2D eigenvalue weighted by molar-refractivity contribution is 6.06. The van der Waals surface area contributed by atoms with Gasteiger partial charge in [-0.1, -0.05) is 6.07 Å². The third-order valence-electron chi connectivity index (χ3n) is 5.72. The number of nitrogens with zero attached hydrogens (tertiary/aromatic N) is 2. The quantitative estimate of drug-likeness (QED) is 0.799. The number of anilines is 2. The van der Waals surface area contributed by atoms with Crippen LogP contribution in [0.1, 0.15) is 32.3 Å². The molecule has 0 aromatic heterocycles. The summed E-state index contributed by atoms with van der Waals surface area (Å²) in [6.45, 7) is 5.24. The van der Waals surface area contributed by atoms with Gasteiger partial charge < -0.3 is 24.6 Å². The van der Waals surface area contributed by atoms with Gasteiger partial charge in [0.2, 0.25) is 5.91 Å². The number of carbonyl (C=O) groups excluding carboxylic acids is 2. The Kier molecular flexibility index (Phi) is 5.58. The lowest BCUT2D eigenvalue weighted by molar-refractivity contribution is -0.127. The van der Waals surface area contributed by atoms with Crippen molar-refractivity contribution in [3.8, 4) is 0 Å². The van der Waals surface area contributed by atoms with Crippen LogP contribution < -0.4 is 20.4 Å². The summed E-state index contributed by atoms with van der Waals surface area (Å²) in [5, 5.41) is 6.39. The summed E-state index contributed by atoms with van der Waals surface area (Å²) in [4.78, 5) is 29.1. The number of ether oxygens (including phenoxy) is 2. The van der Waals surface area contributed by atoms with Gasteiger partial charge >= 0.3 is 0 Å². The zero-order valence-electron chi connectivity index (χ0n) is 17.1. The lowest BCUT2D eigenvalue weighted by Crippen LogP contribution is -2.53. The first-order valence-electron chi connectivity index (χ1n) is 10.1. The Morgan fingerprint density at radius 3 is 2.72 bits per heavy atom. The van der Waals surface area contributed by atoms with E-state index in [1.54, 1.807) is 23.8 Å². The van der Waals surface area contributed by atoms with Crippen LogP contribution in [0.5, 0.6) is 0 Å². The fourth-order valence-electron chi connectivity index (χ4n) is 4.29. The van der Waals surface area contributed by atoms with Crippen LogP contribution in [0.3, 0.4) is 0 Å². The summed E-state index contributed by atoms with van der Waals surface area (Å²) in [7, 11) is 1.63. The van der Waals surface area contributed by atoms with Crippen LogP contribution in [0.25, 0.3) is 5.57 Å². The summed E-state index contributed by atoms with van der Waals surface area (Å²) in [5.74, 6) is -0.0526. The molecule has 0 aliphatic carbocycles. The minimum atomic E-state index is -0.401. The van der Waals surface area contributed by atoms with Gasteiger partial charge in [-0.05, 0) is 43.0 Å². The second-order valence-electron chi connectivity index (χ2n) is 7.72. The van der Waals surface area contributed by atoms with Crippen molar-refractivity contribution in [3.05, 3.63) is 30.0 Å². The maximum atomic E-state index is 13.2. The fourth-order valence-corrected chi connectivity index (χ4v) is 4.29. The molecule has 3 atom stereocenters. The Morgan fingerprint density at radius 1 is 1.28 bits per heavy atom. The van der Waals surface area contributed by atoms with Crippen molar-refractivity contribution in [1.29, 1.82) is 0 Å². The third kappa shape index (κ3) is 3.75. The zero-order chi connectivity index (χ0) is 20.5. The number of rotatable bonds is 3. The van der Waals surface area contributed by atoms with E-state index >= 15 is 0 Å². The molecule has 0 radical (unpaired) electrons. The van der Waals surface area contributed by atoms with E-state index in [4.69, 9.17) is 9.47 Å². The number of fused-ring (bicyclic) bond motifs is 1. The number of carbonyl (C=O) groups is 2. The molecule has 2 unspecified atom stereocenters. The molecule has 3 aliphatic heterocycles. The van der Waals surface area contributed by atoms with Crippen molar-refractivity contribution in [2.45, 2.75) is 45.2 Å². The smallest absolute Gasteiger partial charge is 0.256 e. The van der Waals surface area contributed by atoms with Crippen LogP contribution >= 0.6 is 0 Å². The predicted molar refractivity (Wildman–Crippen MR) is 110 cm³/mol. The molecule has 3 heterocycles. The van der Waals surface area contributed by atoms with E-state index in [1.807, 2.05) is 31.3 Å². The SMILES string of the molecule is COC1NC=C(c2ccc3c(c2)N(C(=O)C2CCCO2)C[C@H](C)N3C(C)=O)CN1. The maximum Gasteiger partial charge on any atom is 0.256 e. The molecular weight excluding hydrogens is 372 g/mol. The van der Waals surface area contributed by atoms with Gasteiger partial charge in [0, 0.05) is 39.9 Å². The topological polar surface area (TPSA) is 83.1 Å². The summed E-state index contributed by atoms with van der Waals surface area (Å²) < 4.78 is 10.9. The Balaban J connectivity index is 1.72. The number of methoxy groups -OCH3 is 1. The Labute approximate surface area is 170 Å².